The molecule has 0 bridgehead atoms. The van der Waals surface area contributed by atoms with Crippen molar-refractivity contribution < 1.29 is 13.6 Å². The van der Waals surface area contributed by atoms with Crippen LogP contribution in [0.15, 0.2) is 23.6 Å². The minimum absolute atomic E-state index is 0.0992. The van der Waals surface area contributed by atoms with Gasteiger partial charge in [-0.15, -0.1) is 11.3 Å². The molecule has 7 heteroatoms. The van der Waals surface area contributed by atoms with Gasteiger partial charge >= 0.3 is 0 Å². The van der Waals surface area contributed by atoms with Crippen molar-refractivity contribution in [2.24, 2.45) is 0 Å². The zero-order chi connectivity index (χ0) is 16.4. The van der Waals surface area contributed by atoms with E-state index < -0.39 is 11.6 Å². The summed E-state index contributed by atoms with van der Waals surface area (Å²) in [7, 11) is 0. The van der Waals surface area contributed by atoms with Crippen LogP contribution >= 0.6 is 11.3 Å². The minimum Gasteiger partial charge on any atom is -0.371 e. The molecular weight excluding hydrogens is 320 g/mol. The highest BCUT2D eigenvalue weighted by atomic mass is 32.1. The molecule has 1 N–H and O–H groups in total. The lowest BCUT2D eigenvalue weighted by Gasteiger charge is -2.27. The molecule has 0 fully saturated rings. The number of carbonyl (C=O) groups is 1. The number of amides is 1. The number of carbonyl (C=O) groups excluding carboxylic acids is 1. The van der Waals surface area contributed by atoms with E-state index in [-0.39, 0.29) is 23.7 Å². The molecule has 1 aromatic carbocycles. The number of nitrogens with one attached hydrogen (secondary N) is 1. The van der Waals surface area contributed by atoms with E-state index in [1.807, 2.05) is 11.4 Å². The number of benzene rings is 1. The summed E-state index contributed by atoms with van der Waals surface area (Å²) in [6.45, 7) is 0.934. The molecule has 4 nitrogen and oxygen atoms in total. The number of nitrogens with zero attached hydrogens (tertiary/aromatic N) is 2. The van der Waals surface area contributed by atoms with Crippen LogP contribution in [0.3, 0.4) is 0 Å². The number of anilines is 1. The molecule has 1 aliphatic rings. The third-order valence-corrected chi connectivity index (χ3v) is 4.77. The van der Waals surface area contributed by atoms with Crippen LogP contribution in [0.5, 0.6) is 0 Å². The first kappa shape index (κ1) is 15.4. The molecule has 2 heterocycles. The Morgan fingerprint density at radius 3 is 2.83 bits per heavy atom. The number of fused-ring (bicyclic) bond motifs is 1. The molecule has 2 aromatic rings. The van der Waals surface area contributed by atoms with Crippen LogP contribution in [0.2, 0.25) is 0 Å². The van der Waals surface area contributed by atoms with Crippen LogP contribution < -0.4 is 5.32 Å². The van der Waals surface area contributed by atoms with Crippen LogP contribution in [0.25, 0.3) is 0 Å². The molecule has 0 aliphatic carbocycles. The van der Waals surface area contributed by atoms with E-state index in [1.54, 1.807) is 22.3 Å². The Morgan fingerprint density at radius 1 is 1.39 bits per heavy atom. The van der Waals surface area contributed by atoms with Gasteiger partial charge in [0.15, 0.2) is 11.6 Å². The number of hydrogen-bond donors (Lipinski definition) is 1. The molecule has 118 valence electrons. The van der Waals surface area contributed by atoms with Crippen molar-refractivity contribution in [1.29, 1.82) is 5.26 Å². The van der Waals surface area contributed by atoms with E-state index in [2.05, 4.69) is 5.32 Å². The number of halogens is 2. The Morgan fingerprint density at radius 2 is 2.13 bits per heavy atom. The first-order chi connectivity index (χ1) is 11.1. The zero-order valence-electron chi connectivity index (χ0n) is 12.1. The third-order valence-electron chi connectivity index (χ3n) is 3.75. The summed E-state index contributed by atoms with van der Waals surface area (Å²) in [4.78, 5) is 15.2. The first-order valence-electron chi connectivity index (χ1n) is 7.04. The van der Waals surface area contributed by atoms with Crippen molar-refractivity contribution in [3.63, 3.8) is 0 Å². The largest absolute Gasteiger partial charge is 0.371 e. The standard InChI is InChI=1S/C16H13F2N3OS/c17-12-5-10(7-19)6-13(18)16(12)20-8-15(22)21-3-1-14-11(9-21)2-4-23-14/h2,4-6,20H,1,3,8-9H2. The lowest BCUT2D eigenvalue weighted by atomic mass is 10.1. The van der Waals surface area contributed by atoms with Gasteiger partial charge in [0.25, 0.3) is 0 Å². The predicted molar refractivity (Wildman–Crippen MR) is 83.0 cm³/mol. The van der Waals surface area contributed by atoms with Gasteiger partial charge in [0.2, 0.25) is 5.91 Å². The van der Waals surface area contributed by atoms with E-state index in [0.29, 0.717) is 13.1 Å². The zero-order valence-corrected chi connectivity index (χ0v) is 12.9. The Labute approximate surface area is 136 Å². The van der Waals surface area contributed by atoms with Crippen LogP contribution in [0.4, 0.5) is 14.5 Å². The lowest BCUT2D eigenvalue weighted by molar-refractivity contribution is -0.130. The summed E-state index contributed by atoms with van der Waals surface area (Å²) in [5.74, 6) is -1.98. The van der Waals surface area contributed by atoms with Gasteiger partial charge in [-0.3, -0.25) is 4.79 Å². The summed E-state index contributed by atoms with van der Waals surface area (Å²) < 4.78 is 27.5. The second-order valence-electron chi connectivity index (χ2n) is 5.21. The molecule has 0 atom stereocenters. The van der Waals surface area contributed by atoms with E-state index >= 15 is 0 Å². The van der Waals surface area contributed by atoms with Gasteiger partial charge in [0, 0.05) is 18.0 Å². The molecule has 0 spiro atoms. The maximum Gasteiger partial charge on any atom is 0.242 e. The van der Waals surface area contributed by atoms with Crippen molar-refractivity contribution in [3.05, 3.63) is 51.2 Å². The maximum atomic E-state index is 13.8. The monoisotopic (exact) mass is 333 g/mol. The third kappa shape index (κ3) is 3.17. The van der Waals surface area contributed by atoms with Gasteiger partial charge in [-0.2, -0.15) is 5.26 Å². The number of rotatable bonds is 3. The normalized spacial score (nSPS) is 13.3. The van der Waals surface area contributed by atoms with Crippen LogP contribution in [-0.4, -0.2) is 23.9 Å². The summed E-state index contributed by atoms with van der Waals surface area (Å²) >= 11 is 1.68. The van der Waals surface area contributed by atoms with Crippen LogP contribution in [0.1, 0.15) is 16.0 Å². The summed E-state index contributed by atoms with van der Waals surface area (Å²) in [5, 5.41) is 13.2. The van der Waals surface area contributed by atoms with Crippen molar-refractivity contribution in [2.45, 2.75) is 13.0 Å². The Balaban J connectivity index is 1.65. The fraction of sp³-hybridized carbons (Fsp3) is 0.250. The van der Waals surface area contributed by atoms with Gasteiger partial charge in [0.05, 0.1) is 18.2 Å². The minimum atomic E-state index is -0.881. The summed E-state index contributed by atoms with van der Waals surface area (Å²) in [6, 6.07) is 5.55. The van der Waals surface area contributed by atoms with Crippen LogP contribution in [0, 0.1) is 23.0 Å². The predicted octanol–water partition coefficient (Wildman–Crippen LogP) is 2.89. The highest BCUT2D eigenvalue weighted by molar-refractivity contribution is 7.10. The smallest absolute Gasteiger partial charge is 0.242 e. The molecule has 0 radical (unpaired) electrons. The van der Waals surface area contributed by atoms with Gasteiger partial charge in [-0.05, 0) is 35.6 Å². The SMILES string of the molecule is N#Cc1cc(F)c(NCC(=O)N2CCc3sccc3C2)c(F)c1. The Hall–Kier alpha value is -2.46. The average Bonchev–Trinajstić information content (AvgIpc) is 3.01. The Bertz CT molecular complexity index is 774. The summed E-state index contributed by atoms with van der Waals surface area (Å²) in [6.07, 6.45) is 0.804. The number of hydrogen-bond acceptors (Lipinski definition) is 4. The molecule has 0 saturated carbocycles. The molecule has 1 aliphatic heterocycles. The van der Waals surface area contributed by atoms with E-state index in [9.17, 15) is 13.6 Å². The average molecular weight is 333 g/mol. The number of nitriles is 1. The highest BCUT2D eigenvalue weighted by Gasteiger charge is 2.22. The lowest BCUT2D eigenvalue weighted by Crippen LogP contribution is -2.39. The van der Waals surface area contributed by atoms with Crippen molar-refractivity contribution in [1.82, 2.24) is 4.90 Å². The van der Waals surface area contributed by atoms with Gasteiger partial charge in [-0.1, -0.05) is 0 Å². The Kier molecular flexibility index (Phi) is 4.26. The van der Waals surface area contributed by atoms with Gasteiger partial charge < -0.3 is 10.2 Å². The van der Waals surface area contributed by atoms with Crippen molar-refractivity contribution >= 4 is 22.9 Å². The maximum absolute atomic E-state index is 13.8. The quantitative estimate of drug-likeness (QED) is 0.940. The van der Waals surface area contributed by atoms with E-state index in [1.165, 1.54) is 4.88 Å². The molecule has 1 aromatic heterocycles. The summed E-state index contributed by atoms with van der Waals surface area (Å²) in [5.41, 5.74) is 0.647. The van der Waals surface area contributed by atoms with Crippen molar-refractivity contribution in [2.75, 3.05) is 18.4 Å². The fourth-order valence-electron chi connectivity index (χ4n) is 2.54. The second-order valence-corrected chi connectivity index (χ2v) is 6.22. The van der Waals surface area contributed by atoms with Gasteiger partial charge in [-0.25, -0.2) is 8.78 Å². The highest BCUT2D eigenvalue weighted by Crippen LogP contribution is 2.24. The molecule has 1 amide bonds. The van der Waals surface area contributed by atoms with Gasteiger partial charge in [0.1, 0.15) is 5.69 Å². The van der Waals surface area contributed by atoms with E-state index in [0.717, 1.165) is 24.1 Å². The molecular formula is C16H13F2N3OS. The van der Waals surface area contributed by atoms with E-state index in [4.69, 9.17) is 5.26 Å². The molecule has 0 saturated heterocycles. The topological polar surface area (TPSA) is 56.1 Å². The molecule has 3 rings (SSSR count). The molecule has 23 heavy (non-hydrogen) atoms. The molecule has 0 unspecified atom stereocenters. The van der Waals surface area contributed by atoms with Crippen LogP contribution in [-0.2, 0) is 17.8 Å². The van der Waals surface area contributed by atoms with Crippen molar-refractivity contribution in [3.8, 4) is 6.07 Å². The fourth-order valence-corrected chi connectivity index (χ4v) is 3.43. The number of thiophene rings is 1. The second kappa shape index (κ2) is 6.34. The first-order valence-corrected chi connectivity index (χ1v) is 7.92.